The minimum Gasteiger partial charge on any atom is -0.485 e. The Morgan fingerprint density at radius 2 is 1.88 bits per heavy atom. The van der Waals surface area contributed by atoms with Crippen LogP contribution >= 0.6 is 11.6 Å². The predicted molar refractivity (Wildman–Crippen MR) is 90.3 cm³/mol. The summed E-state index contributed by atoms with van der Waals surface area (Å²) >= 11 is 5.77. The molecule has 0 spiro atoms. The minimum absolute atomic E-state index is 0.0639. The van der Waals surface area contributed by atoms with Crippen molar-refractivity contribution in [1.29, 1.82) is 0 Å². The summed E-state index contributed by atoms with van der Waals surface area (Å²) in [5.74, 6) is -0.173. The maximum Gasteiger partial charge on any atom is 0.272 e. The second-order valence-electron chi connectivity index (χ2n) is 5.17. The third-order valence-electron chi connectivity index (χ3n) is 3.40. The third-order valence-corrected chi connectivity index (χ3v) is 3.69. The summed E-state index contributed by atoms with van der Waals surface area (Å²) < 4.78 is 42.9. The molecule has 0 atom stereocenters. The van der Waals surface area contributed by atoms with E-state index in [2.05, 4.69) is 9.97 Å². The number of nitrogen functional groups attached to an aromatic ring is 2. The van der Waals surface area contributed by atoms with Gasteiger partial charge >= 0.3 is 0 Å². The van der Waals surface area contributed by atoms with Gasteiger partial charge in [-0.3, -0.25) is 0 Å². The number of anilines is 2. The van der Waals surface area contributed by atoms with Crippen LogP contribution in [0.25, 0.3) is 22.3 Å². The predicted octanol–water partition coefficient (Wildman–Crippen LogP) is 3.90. The molecule has 2 aromatic carbocycles. The van der Waals surface area contributed by atoms with Crippen molar-refractivity contribution >= 4 is 34.0 Å². The molecule has 1 heterocycles. The van der Waals surface area contributed by atoms with Crippen LogP contribution in [0.1, 0.15) is 0 Å². The van der Waals surface area contributed by atoms with Gasteiger partial charge in [-0.2, -0.15) is 0 Å². The smallest absolute Gasteiger partial charge is 0.272 e. The van der Waals surface area contributed by atoms with E-state index in [4.69, 9.17) is 27.8 Å². The van der Waals surface area contributed by atoms with Gasteiger partial charge in [0, 0.05) is 17.0 Å². The number of halogens is 4. The van der Waals surface area contributed by atoms with E-state index in [0.717, 1.165) is 0 Å². The lowest BCUT2D eigenvalue weighted by Gasteiger charge is -2.11. The quantitative estimate of drug-likeness (QED) is 0.682. The van der Waals surface area contributed by atoms with Gasteiger partial charge in [0.05, 0.1) is 16.2 Å². The number of ether oxygens (including phenoxy) is 1. The molecular weight excluding hydrogens is 357 g/mol. The van der Waals surface area contributed by atoms with Crippen LogP contribution in [-0.2, 0) is 0 Å². The number of nitrogens with two attached hydrogens (primary N) is 2. The number of fused-ring (bicyclic) bond motifs is 1. The Kier molecular flexibility index (Phi) is 4.54. The van der Waals surface area contributed by atoms with Crippen LogP contribution < -0.4 is 16.2 Å². The average molecular weight is 369 g/mol. The van der Waals surface area contributed by atoms with Crippen molar-refractivity contribution < 1.29 is 17.9 Å². The molecule has 0 fully saturated rings. The van der Waals surface area contributed by atoms with E-state index < -0.39 is 18.8 Å². The fraction of sp³-hybridized carbons (Fsp3) is 0.125. The Morgan fingerprint density at radius 1 is 1.12 bits per heavy atom. The van der Waals surface area contributed by atoms with Gasteiger partial charge in [0.1, 0.15) is 24.0 Å². The molecule has 0 radical (unpaired) electrons. The average Bonchev–Trinajstić information content (AvgIpc) is 2.56. The second kappa shape index (κ2) is 6.64. The van der Waals surface area contributed by atoms with Gasteiger partial charge in [-0.15, -0.1) is 0 Å². The SMILES string of the molecule is Nc1cc2c(N)nc(-c3ccc(F)c(Cl)c3)nc2cc1OCC(F)F. The summed E-state index contributed by atoms with van der Waals surface area (Å²) in [5.41, 5.74) is 12.7. The lowest BCUT2D eigenvalue weighted by Crippen LogP contribution is -2.08. The summed E-state index contributed by atoms with van der Waals surface area (Å²) in [6.07, 6.45) is -2.64. The molecule has 0 saturated carbocycles. The highest BCUT2D eigenvalue weighted by Crippen LogP contribution is 2.32. The first kappa shape index (κ1) is 17.1. The summed E-state index contributed by atoms with van der Waals surface area (Å²) in [5, 5.41) is 0.358. The number of hydrogen-bond donors (Lipinski definition) is 2. The molecule has 0 unspecified atom stereocenters. The lowest BCUT2D eigenvalue weighted by atomic mass is 10.1. The van der Waals surface area contributed by atoms with E-state index >= 15 is 0 Å². The molecule has 4 N–H and O–H groups in total. The van der Waals surface area contributed by atoms with Crippen LogP contribution in [0.5, 0.6) is 5.75 Å². The van der Waals surface area contributed by atoms with Gasteiger partial charge in [0.25, 0.3) is 6.43 Å². The van der Waals surface area contributed by atoms with Crippen molar-refractivity contribution in [3.8, 4) is 17.1 Å². The van der Waals surface area contributed by atoms with Crippen molar-refractivity contribution in [1.82, 2.24) is 9.97 Å². The van der Waals surface area contributed by atoms with Crippen molar-refractivity contribution in [2.45, 2.75) is 6.43 Å². The van der Waals surface area contributed by atoms with Crippen LogP contribution in [-0.4, -0.2) is 23.0 Å². The zero-order chi connectivity index (χ0) is 18.1. The molecule has 0 amide bonds. The van der Waals surface area contributed by atoms with Gasteiger partial charge in [-0.05, 0) is 24.3 Å². The van der Waals surface area contributed by atoms with Crippen LogP contribution in [0.2, 0.25) is 5.02 Å². The summed E-state index contributed by atoms with van der Waals surface area (Å²) in [7, 11) is 0. The van der Waals surface area contributed by atoms with E-state index in [-0.39, 0.29) is 28.1 Å². The van der Waals surface area contributed by atoms with E-state index in [0.29, 0.717) is 16.5 Å². The van der Waals surface area contributed by atoms with Crippen LogP contribution in [0.4, 0.5) is 24.7 Å². The van der Waals surface area contributed by atoms with E-state index in [1.54, 1.807) is 0 Å². The summed E-state index contributed by atoms with van der Waals surface area (Å²) in [6, 6.07) is 6.85. The zero-order valence-corrected chi connectivity index (χ0v) is 13.4. The number of benzene rings is 2. The molecule has 0 bridgehead atoms. The van der Waals surface area contributed by atoms with E-state index in [1.807, 2.05) is 0 Å². The fourth-order valence-corrected chi connectivity index (χ4v) is 2.42. The highest BCUT2D eigenvalue weighted by atomic mass is 35.5. The Morgan fingerprint density at radius 3 is 2.56 bits per heavy atom. The first-order valence-corrected chi connectivity index (χ1v) is 7.46. The second-order valence-corrected chi connectivity index (χ2v) is 5.58. The number of rotatable bonds is 4. The molecule has 0 aliphatic carbocycles. The fourth-order valence-electron chi connectivity index (χ4n) is 2.24. The van der Waals surface area contributed by atoms with E-state index in [1.165, 1.54) is 30.3 Å². The first-order chi connectivity index (χ1) is 11.8. The van der Waals surface area contributed by atoms with Gasteiger partial charge in [-0.25, -0.2) is 23.1 Å². The summed E-state index contributed by atoms with van der Waals surface area (Å²) in [4.78, 5) is 8.47. The topological polar surface area (TPSA) is 87.1 Å². The highest BCUT2D eigenvalue weighted by molar-refractivity contribution is 6.31. The molecule has 0 aliphatic heterocycles. The number of nitrogens with zero attached hydrogens (tertiary/aromatic N) is 2. The molecule has 5 nitrogen and oxygen atoms in total. The zero-order valence-electron chi connectivity index (χ0n) is 12.6. The van der Waals surface area contributed by atoms with Crippen molar-refractivity contribution in [2.24, 2.45) is 0 Å². The molecule has 9 heteroatoms. The Labute approximate surface area is 145 Å². The number of aromatic nitrogens is 2. The lowest BCUT2D eigenvalue weighted by molar-refractivity contribution is 0.0823. The highest BCUT2D eigenvalue weighted by Gasteiger charge is 2.13. The minimum atomic E-state index is -2.64. The normalized spacial score (nSPS) is 11.2. The van der Waals surface area contributed by atoms with Gasteiger partial charge in [-0.1, -0.05) is 11.6 Å². The van der Waals surface area contributed by atoms with Crippen molar-refractivity contribution in [3.63, 3.8) is 0 Å². The summed E-state index contributed by atoms with van der Waals surface area (Å²) in [6.45, 7) is -0.795. The largest absolute Gasteiger partial charge is 0.485 e. The Hall–Kier alpha value is -2.74. The molecule has 130 valence electrons. The van der Waals surface area contributed by atoms with Crippen LogP contribution in [0.3, 0.4) is 0 Å². The monoisotopic (exact) mass is 368 g/mol. The molecular formula is C16H12ClF3N4O. The van der Waals surface area contributed by atoms with E-state index in [9.17, 15) is 13.2 Å². The van der Waals surface area contributed by atoms with Crippen molar-refractivity contribution in [3.05, 3.63) is 41.2 Å². The molecule has 0 aliphatic rings. The van der Waals surface area contributed by atoms with Gasteiger partial charge in [0.15, 0.2) is 5.82 Å². The third kappa shape index (κ3) is 3.53. The molecule has 25 heavy (non-hydrogen) atoms. The standard InChI is InChI=1S/C16H12ClF3N4O/c17-9-3-7(1-2-10(9)18)16-23-12-5-13(25-6-14(19)20)11(21)4-8(12)15(22)24-16/h1-5,14H,6,21H2,(H2,22,23,24). The molecule has 3 aromatic rings. The number of hydrogen-bond acceptors (Lipinski definition) is 5. The maximum atomic E-state index is 13.3. The molecule has 1 aromatic heterocycles. The molecule has 3 rings (SSSR count). The first-order valence-electron chi connectivity index (χ1n) is 7.08. The Balaban J connectivity index is 2.10. The molecule has 0 saturated heterocycles. The maximum absolute atomic E-state index is 13.3. The van der Waals surface area contributed by atoms with Crippen LogP contribution in [0.15, 0.2) is 30.3 Å². The Bertz CT molecular complexity index is 952. The van der Waals surface area contributed by atoms with Crippen LogP contribution in [0, 0.1) is 5.82 Å². The van der Waals surface area contributed by atoms with Gasteiger partial charge < -0.3 is 16.2 Å². The van der Waals surface area contributed by atoms with Crippen molar-refractivity contribution in [2.75, 3.05) is 18.1 Å². The van der Waals surface area contributed by atoms with Gasteiger partial charge in [0.2, 0.25) is 0 Å². The number of alkyl halides is 2.